The lowest BCUT2D eigenvalue weighted by molar-refractivity contribution is 0.490. The second-order valence-electron chi connectivity index (χ2n) is 5.39. The van der Waals surface area contributed by atoms with Crippen LogP contribution in [0.15, 0.2) is 46.9 Å². The maximum atomic E-state index is 6.21. The standard InChI is InChI=1S/C18H18ClNO/c1-11-7-8-12(2)14(9-11)17(20-3)16-10-13-5-4-6-15(19)18(13)21-16/h4-10,17,20H,1-3H3. The third kappa shape index (κ3) is 2.57. The van der Waals surface area contributed by atoms with Crippen molar-refractivity contribution in [3.05, 3.63) is 69.9 Å². The van der Waals surface area contributed by atoms with E-state index < -0.39 is 0 Å². The van der Waals surface area contributed by atoms with Crippen molar-refractivity contribution in [1.29, 1.82) is 0 Å². The second kappa shape index (κ2) is 5.55. The summed E-state index contributed by atoms with van der Waals surface area (Å²) in [7, 11) is 1.95. The van der Waals surface area contributed by atoms with Crippen LogP contribution in [0.5, 0.6) is 0 Å². The van der Waals surface area contributed by atoms with Gasteiger partial charge in [-0.05, 0) is 44.2 Å². The zero-order valence-electron chi connectivity index (χ0n) is 12.4. The van der Waals surface area contributed by atoms with E-state index in [1.807, 2.05) is 25.2 Å². The third-order valence-electron chi connectivity index (χ3n) is 3.83. The van der Waals surface area contributed by atoms with Gasteiger partial charge in [-0.25, -0.2) is 0 Å². The molecule has 1 aromatic heterocycles. The van der Waals surface area contributed by atoms with E-state index in [0.717, 1.165) is 16.7 Å². The van der Waals surface area contributed by atoms with Crippen LogP contribution in [0.2, 0.25) is 5.02 Å². The number of hydrogen-bond acceptors (Lipinski definition) is 2. The molecule has 0 bridgehead atoms. The topological polar surface area (TPSA) is 25.2 Å². The molecule has 1 N–H and O–H groups in total. The van der Waals surface area contributed by atoms with Crippen molar-refractivity contribution in [2.75, 3.05) is 7.05 Å². The van der Waals surface area contributed by atoms with E-state index in [9.17, 15) is 0 Å². The molecule has 3 rings (SSSR count). The number of nitrogens with one attached hydrogen (secondary N) is 1. The molecule has 108 valence electrons. The number of halogens is 1. The van der Waals surface area contributed by atoms with Crippen molar-refractivity contribution in [3.8, 4) is 0 Å². The Morgan fingerprint density at radius 3 is 2.62 bits per heavy atom. The Kier molecular flexibility index (Phi) is 3.75. The minimum atomic E-state index is 0.0216. The van der Waals surface area contributed by atoms with E-state index in [1.165, 1.54) is 16.7 Å². The molecule has 0 fully saturated rings. The van der Waals surface area contributed by atoms with Crippen LogP contribution in [-0.2, 0) is 0 Å². The maximum Gasteiger partial charge on any atom is 0.152 e. The Hall–Kier alpha value is -1.77. The third-order valence-corrected chi connectivity index (χ3v) is 4.13. The molecule has 0 aliphatic rings. The molecule has 0 aliphatic heterocycles. The molecular formula is C18H18ClNO. The molecule has 0 spiro atoms. The molecule has 1 heterocycles. The maximum absolute atomic E-state index is 6.21. The average molecular weight is 300 g/mol. The van der Waals surface area contributed by atoms with E-state index in [1.54, 1.807) is 0 Å². The molecule has 3 heteroatoms. The molecule has 0 amide bonds. The molecule has 2 aromatic carbocycles. The summed E-state index contributed by atoms with van der Waals surface area (Å²) in [6.45, 7) is 4.22. The van der Waals surface area contributed by atoms with Gasteiger partial charge >= 0.3 is 0 Å². The van der Waals surface area contributed by atoms with E-state index >= 15 is 0 Å². The summed E-state index contributed by atoms with van der Waals surface area (Å²) in [4.78, 5) is 0. The van der Waals surface area contributed by atoms with Gasteiger partial charge in [0.25, 0.3) is 0 Å². The van der Waals surface area contributed by atoms with E-state index in [0.29, 0.717) is 5.02 Å². The molecule has 0 aliphatic carbocycles. The first kappa shape index (κ1) is 14.2. The lowest BCUT2D eigenvalue weighted by Gasteiger charge is -2.17. The minimum Gasteiger partial charge on any atom is -0.457 e. The van der Waals surface area contributed by atoms with Crippen molar-refractivity contribution in [3.63, 3.8) is 0 Å². The number of benzene rings is 2. The van der Waals surface area contributed by atoms with Crippen LogP contribution in [-0.4, -0.2) is 7.05 Å². The number of furan rings is 1. The smallest absolute Gasteiger partial charge is 0.152 e. The predicted molar refractivity (Wildman–Crippen MR) is 88.0 cm³/mol. The largest absolute Gasteiger partial charge is 0.457 e. The van der Waals surface area contributed by atoms with E-state index in [-0.39, 0.29) is 6.04 Å². The Morgan fingerprint density at radius 1 is 1.10 bits per heavy atom. The van der Waals surface area contributed by atoms with Crippen LogP contribution >= 0.6 is 11.6 Å². The average Bonchev–Trinajstić information content (AvgIpc) is 2.89. The highest BCUT2D eigenvalue weighted by molar-refractivity contribution is 6.34. The molecule has 0 saturated heterocycles. The number of hydrogen-bond donors (Lipinski definition) is 1. The van der Waals surface area contributed by atoms with Gasteiger partial charge in [-0.3, -0.25) is 0 Å². The van der Waals surface area contributed by atoms with Gasteiger partial charge in [-0.2, -0.15) is 0 Å². The second-order valence-corrected chi connectivity index (χ2v) is 5.80. The Labute approximate surface area is 129 Å². The van der Waals surface area contributed by atoms with E-state index in [4.69, 9.17) is 16.0 Å². The van der Waals surface area contributed by atoms with E-state index in [2.05, 4.69) is 43.4 Å². The summed E-state index contributed by atoms with van der Waals surface area (Å²) in [6, 6.07) is 14.4. The van der Waals surface area contributed by atoms with Crippen LogP contribution in [0, 0.1) is 13.8 Å². The van der Waals surface area contributed by atoms with Gasteiger partial charge in [0.2, 0.25) is 0 Å². The first-order chi connectivity index (χ1) is 10.1. The lowest BCUT2D eigenvalue weighted by atomic mass is 9.97. The van der Waals surface area contributed by atoms with Crippen molar-refractivity contribution in [2.45, 2.75) is 19.9 Å². The normalized spacial score (nSPS) is 12.8. The fraction of sp³-hybridized carbons (Fsp3) is 0.222. The quantitative estimate of drug-likeness (QED) is 0.735. The van der Waals surface area contributed by atoms with Crippen LogP contribution in [0.1, 0.15) is 28.5 Å². The first-order valence-electron chi connectivity index (χ1n) is 7.02. The molecular weight excluding hydrogens is 282 g/mol. The van der Waals surface area contributed by atoms with Crippen LogP contribution in [0.25, 0.3) is 11.0 Å². The van der Waals surface area contributed by atoms with Crippen molar-refractivity contribution < 1.29 is 4.42 Å². The Balaban J connectivity index is 2.13. The van der Waals surface area contributed by atoms with Gasteiger partial charge < -0.3 is 9.73 Å². The van der Waals surface area contributed by atoms with Gasteiger partial charge in [-0.1, -0.05) is 47.5 Å². The molecule has 0 saturated carbocycles. The highest BCUT2D eigenvalue weighted by Crippen LogP contribution is 2.33. The van der Waals surface area contributed by atoms with Crippen LogP contribution in [0.4, 0.5) is 0 Å². The first-order valence-corrected chi connectivity index (χ1v) is 7.40. The van der Waals surface area contributed by atoms with Crippen LogP contribution < -0.4 is 5.32 Å². The number of rotatable bonds is 3. The Bertz CT molecular complexity index is 791. The predicted octanol–water partition coefficient (Wildman–Crippen LogP) is 5.01. The van der Waals surface area contributed by atoms with Gasteiger partial charge in [0.15, 0.2) is 5.58 Å². The summed E-state index contributed by atoms with van der Waals surface area (Å²) in [5.74, 6) is 0.884. The highest BCUT2D eigenvalue weighted by Gasteiger charge is 2.19. The summed E-state index contributed by atoms with van der Waals surface area (Å²) in [5.41, 5.74) is 4.46. The summed E-state index contributed by atoms with van der Waals surface area (Å²) >= 11 is 6.21. The van der Waals surface area contributed by atoms with Gasteiger partial charge in [-0.15, -0.1) is 0 Å². The fourth-order valence-electron chi connectivity index (χ4n) is 2.71. The number of fused-ring (bicyclic) bond motifs is 1. The SMILES string of the molecule is CNC(c1cc2cccc(Cl)c2o1)c1cc(C)ccc1C. The van der Waals surface area contributed by atoms with Gasteiger partial charge in [0, 0.05) is 5.39 Å². The Morgan fingerprint density at radius 2 is 1.90 bits per heavy atom. The molecule has 0 radical (unpaired) electrons. The zero-order chi connectivity index (χ0) is 15.0. The molecule has 1 atom stereocenters. The number of para-hydroxylation sites is 1. The molecule has 1 unspecified atom stereocenters. The van der Waals surface area contributed by atoms with Gasteiger partial charge in [0.1, 0.15) is 5.76 Å². The van der Waals surface area contributed by atoms with Crippen molar-refractivity contribution >= 4 is 22.6 Å². The monoisotopic (exact) mass is 299 g/mol. The number of aryl methyl sites for hydroxylation is 2. The van der Waals surface area contributed by atoms with Gasteiger partial charge in [0.05, 0.1) is 11.1 Å². The minimum absolute atomic E-state index is 0.0216. The lowest BCUT2D eigenvalue weighted by Crippen LogP contribution is -2.18. The molecule has 3 aromatic rings. The van der Waals surface area contributed by atoms with Crippen molar-refractivity contribution in [2.24, 2.45) is 0 Å². The molecule has 2 nitrogen and oxygen atoms in total. The van der Waals surface area contributed by atoms with Crippen LogP contribution in [0.3, 0.4) is 0 Å². The fourth-order valence-corrected chi connectivity index (χ4v) is 2.93. The summed E-state index contributed by atoms with van der Waals surface area (Å²) in [6.07, 6.45) is 0. The molecule has 21 heavy (non-hydrogen) atoms. The summed E-state index contributed by atoms with van der Waals surface area (Å²) in [5, 5.41) is 5.02. The van der Waals surface area contributed by atoms with Crippen molar-refractivity contribution in [1.82, 2.24) is 5.32 Å². The zero-order valence-corrected chi connectivity index (χ0v) is 13.2. The highest BCUT2D eigenvalue weighted by atomic mass is 35.5. The summed E-state index contributed by atoms with van der Waals surface area (Å²) < 4.78 is 6.01.